The summed E-state index contributed by atoms with van der Waals surface area (Å²) in [6, 6.07) is 12.0. The van der Waals surface area contributed by atoms with Gasteiger partial charge >= 0.3 is 0 Å². The average Bonchev–Trinajstić information content (AvgIpc) is 2.56. The van der Waals surface area contributed by atoms with E-state index in [0.29, 0.717) is 0 Å². The van der Waals surface area contributed by atoms with Crippen LogP contribution in [-0.2, 0) is 4.79 Å². The van der Waals surface area contributed by atoms with Crippen molar-refractivity contribution in [3.05, 3.63) is 42.2 Å². The fourth-order valence-corrected chi connectivity index (χ4v) is 3.36. The second-order valence-electron chi connectivity index (χ2n) is 5.28. The average molecular weight is 329 g/mol. The molecule has 0 spiro atoms. The van der Waals surface area contributed by atoms with Crippen molar-refractivity contribution >= 4 is 17.7 Å². The lowest BCUT2D eigenvalue weighted by molar-refractivity contribution is -0.129. The molecule has 0 saturated heterocycles. The zero-order valence-electron chi connectivity index (χ0n) is 14.1. The number of amides is 1. The van der Waals surface area contributed by atoms with Crippen LogP contribution in [0.4, 0.5) is 0 Å². The van der Waals surface area contributed by atoms with Gasteiger partial charge in [0.25, 0.3) is 0 Å². The smallest absolute Gasteiger partial charge is 0.235 e. The van der Waals surface area contributed by atoms with Crippen molar-refractivity contribution in [3.8, 4) is 11.3 Å². The van der Waals surface area contributed by atoms with Crippen molar-refractivity contribution in [2.75, 3.05) is 13.1 Å². The number of hydrogen-bond donors (Lipinski definition) is 0. The van der Waals surface area contributed by atoms with Gasteiger partial charge < -0.3 is 4.90 Å². The van der Waals surface area contributed by atoms with E-state index < -0.39 is 0 Å². The standard InChI is InChI=1S/C18H23N3OS/c1-5-21(6-2)18(22)13(3)23-17-12-16(19-14(4)20-17)15-10-8-7-9-11-15/h7-13H,5-6H2,1-4H3/t13-/m0/s1. The van der Waals surface area contributed by atoms with Gasteiger partial charge in [-0.05, 0) is 33.8 Å². The molecule has 0 saturated carbocycles. The molecular formula is C18H23N3OS. The summed E-state index contributed by atoms with van der Waals surface area (Å²) in [7, 11) is 0. The topological polar surface area (TPSA) is 46.1 Å². The summed E-state index contributed by atoms with van der Waals surface area (Å²) in [6.45, 7) is 9.29. The Hall–Kier alpha value is -1.88. The van der Waals surface area contributed by atoms with Crippen LogP contribution in [0.3, 0.4) is 0 Å². The first-order chi connectivity index (χ1) is 11.0. The Morgan fingerprint density at radius 2 is 1.83 bits per heavy atom. The third-order valence-electron chi connectivity index (χ3n) is 3.60. The summed E-state index contributed by atoms with van der Waals surface area (Å²) >= 11 is 1.49. The van der Waals surface area contributed by atoms with Gasteiger partial charge in [0, 0.05) is 18.7 Å². The Balaban J connectivity index is 2.20. The molecule has 1 atom stereocenters. The number of benzene rings is 1. The Bertz CT molecular complexity index is 657. The fourth-order valence-electron chi connectivity index (χ4n) is 2.38. The van der Waals surface area contributed by atoms with Crippen LogP contribution in [0.25, 0.3) is 11.3 Å². The monoisotopic (exact) mass is 329 g/mol. The minimum Gasteiger partial charge on any atom is -0.342 e. The van der Waals surface area contributed by atoms with E-state index in [2.05, 4.69) is 9.97 Å². The summed E-state index contributed by atoms with van der Waals surface area (Å²) in [6.07, 6.45) is 0. The van der Waals surface area contributed by atoms with Gasteiger partial charge in [0.2, 0.25) is 5.91 Å². The van der Waals surface area contributed by atoms with Crippen molar-refractivity contribution < 1.29 is 4.79 Å². The lowest BCUT2D eigenvalue weighted by atomic mass is 10.1. The summed E-state index contributed by atoms with van der Waals surface area (Å²) in [5.74, 6) is 0.869. The van der Waals surface area contributed by atoms with Crippen LogP contribution in [0.2, 0.25) is 0 Å². The summed E-state index contributed by atoms with van der Waals surface area (Å²) in [5.41, 5.74) is 1.95. The van der Waals surface area contributed by atoms with Crippen molar-refractivity contribution in [3.63, 3.8) is 0 Å². The van der Waals surface area contributed by atoms with Crippen LogP contribution < -0.4 is 0 Å². The molecule has 4 nitrogen and oxygen atoms in total. The molecule has 0 aliphatic rings. The van der Waals surface area contributed by atoms with E-state index >= 15 is 0 Å². The first-order valence-corrected chi connectivity index (χ1v) is 8.79. The molecule has 23 heavy (non-hydrogen) atoms. The normalized spacial score (nSPS) is 12.0. The zero-order valence-corrected chi connectivity index (χ0v) is 14.9. The van der Waals surface area contributed by atoms with Gasteiger partial charge in [0.15, 0.2) is 0 Å². The number of aromatic nitrogens is 2. The molecule has 2 aromatic rings. The molecule has 1 aromatic heterocycles. The maximum atomic E-state index is 12.4. The summed E-state index contributed by atoms with van der Waals surface area (Å²) < 4.78 is 0. The molecule has 0 radical (unpaired) electrons. The van der Waals surface area contributed by atoms with Crippen LogP contribution in [0.5, 0.6) is 0 Å². The van der Waals surface area contributed by atoms with Gasteiger partial charge in [-0.15, -0.1) is 0 Å². The molecule has 1 aromatic carbocycles. The first-order valence-electron chi connectivity index (χ1n) is 7.91. The number of carbonyl (C=O) groups excluding carboxylic acids is 1. The van der Waals surface area contributed by atoms with Crippen LogP contribution in [0.1, 0.15) is 26.6 Å². The minimum absolute atomic E-state index is 0.150. The molecule has 0 fully saturated rings. The largest absolute Gasteiger partial charge is 0.342 e. The van der Waals surface area contributed by atoms with E-state index in [1.165, 1.54) is 11.8 Å². The van der Waals surface area contributed by atoms with E-state index in [1.807, 2.05) is 69.0 Å². The first kappa shape index (κ1) is 17.5. The predicted molar refractivity (Wildman–Crippen MR) is 95.5 cm³/mol. The molecule has 2 rings (SSSR count). The van der Waals surface area contributed by atoms with Crippen molar-refractivity contribution in [2.24, 2.45) is 0 Å². The molecule has 0 aliphatic heterocycles. The van der Waals surface area contributed by atoms with Gasteiger partial charge in [-0.1, -0.05) is 42.1 Å². The van der Waals surface area contributed by atoms with Crippen molar-refractivity contribution in [1.29, 1.82) is 0 Å². The molecule has 122 valence electrons. The van der Waals surface area contributed by atoms with Crippen LogP contribution >= 0.6 is 11.8 Å². The second-order valence-corrected chi connectivity index (χ2v) is 6.64. The summed E-state index contributed by atoms with van der Waals surface area (Å²) in [4.78, 5) is 23.2. The number of hydrogen-bond acceptors (Lipinski definition) is 4. The van der Waals surface area contributed by atoms with Gasteiger partial charge in [-0.25, -0.2) is 9.97 Å². The van der Waals surface area contributed by atoms with Crippen LogP contribution in [-0.4, -0.2) is 39.1 Å². The van der Waals surface area contributed by atoms with E-state index in [-0.39, 0.29) is 11.2 Å². The van der Waals surface area contributed by atoms with Gasteiger partial charge in [0.1, 0.15) is 10.9 Å². The molecule has 0 N–H and O–H groups in total. The molecular weight excluding hydrogens is 306 g/mol. The maximum Gasteiger partial charge on any atom is 0.235 e. The van der Waals surface area contributed by atoms with Crippen molar-refractivity contribution in [1.82, 2.24) is 14.9 Å². The molecule has 1 amide bonds. The highest BCUT2D eigenvalue weighted by Crippen LogP contribution is 2.26. The SMILES string of the molecule is CCN(CC)C(=O)[C@H](C)Sc1cc(-c2ccccc2)nc(C)n1. The Morgan fingerprint density at radius 3 is 2.43 bits per heavy atom. The number of carbonyl (C=O) groups is 1. The molecule has 0 bridgehead atoms. The van der Waals surface area contributed by atoms with E-state index in [0.717, 1.165) is 35.2 Å². The van der Waals surface area contributed by atoms with Crippen LogP contribution in [0.15, 0.2) is 41.4 Å². The zero-order chi connectivity index (χ0) is 16.8. The van der Waals surface area contributed by atoms with E-state index in [4.69, 9.17) is 0 Å². The van der Waals surface area contributed by atoms with Gasteiger partial charge in [-0.2, -0.15) is 0 Å². The number of aryl methyl sites for hydroxylation is 1. The van der Waals surface area contributed by atoms with Gasteiger partial charge in [0.05, 0.1) is 10.9 Å². The minimum atomic E-state index is -0.159. The lowest BCUT2D eigenvalue weighted by Gasteiger charge is -2.22. The highest BCUT2D eigenvalue weighted by molar-refractivity contribution is 8.00. The summed E-state index contributed by atoms with van der Waals surface area (Å²) in [5, 5.41) is 0.678. The molecule has 0 unspecified atom stereocenters. The highest BCUT2D eigenvalue weighted by Gasteiger charge is 2.20. The lowest BCUT2D eigenvalue weighted by Crippen LogP contribution is -2.36. The number of rotatable bonds is 6. The molecule has 5 heteroatoms. The predicted octanol–water partition coefficient (Wildman–Crippen LogP) is 3.80. The highest BCUT2D eigenvalue weighted by atomic mass is 32.2. The second kappa shape index (κ2) is 8.11. The quantitative estimate of drug-likeness (QED) is 0.597. The molecule has 0 aliphatic carbocycles. The Labute approximate surface area is 142 Å². The van der Waals surface area contributed by atoms with Gasteiger partial charge in [-0.3, -0.25) is 4.79 Å². The van der Waals surface area contributed by atoms with Crippen LogP contribution in [0, 0.1) is 6.92 Å². The fraction of sp³-hybridized carbons (Fsp3) is 0.389. The van der Waals surface area contributed by atoms with Crippen molar-refractivity contribution in [2.45, 2.75) is 38.0 Å². The third kappa shape index (κ3) is 4.55. The van der Waals surface area contributed by atoms with E-state index in [9.17, 15) is 4.79 Å². The Morgan fingerprint density at radius 1 is 1.17 bits per heavy atom. The Kier molecular flexibility index (Phi) is 6.16. The number of thioether (sulfide) groups is 1. The number of nitrogens with zero attached hydrogens (tertiary/aromatic N) is 3. The molecule has 1 heterocycles. The third-order valence-corrected chi connectivity index (χ3v) is 4.61. The maximum absolute atomic E-state index is 12.4. The van der Waals surface area contributed by atoms with E-state index in [1.54, 1.807) is 0 Å².